The SMILES string of the molecule is Cc1ccc(-c2cnc(NCC(=O)O)nc2)o1. The number of carboxylic acid groups (broad SMARTS) is 1. The maximum atomic E-state index is 10.3. The summed E-state index contributed by atoms with van der Waals surface area (Å²) < 4.78 is 5.41. The van der Waals surface area contributed by atoms with E-state index in [9.17, 15) is 4.79 Å². The topological polar surface area (TPSA) is 88.2 Å². The minimum Gasteiger partial charge on any atom is -0.480 e. The minimum atomic E-state index is -0.959. The molecule has 0 radical (unpaired) electrons. The molecule has 17 heavy (non-hydrogen) atoms. The van der Waals surface area contributed by atoms with Crippen molar-refractivity contribution in [3.8, 4) is 11.3 Å². The number of nitrogens with zero attached hydrogens (tertiary/aromatic N) is 2. The van der Waals surface area contributed by atoms with Crippen LogP contribution in [0.5, 0.6) is 0 Å². The number of furan rings is 1. The summed E-state index contributed by atoms with van der Waals surface area (Å²) >= 11 is 0. The summed E-state index contributed by atoms with van der Waals surface area (Å²) in [5.41, 5.74) is 0.749. The molecule has 6 heteroatoms. The summed E-state index contributed by atoms with van der Waals surface area (Å²) in [4.78, 5) is 18.3. The second-order valence-corrected chi connectivity index (χ2v) is 3.45. The molecule has 2 aromatic rings. The van der Waals surface area contributed by atoms with Crippen LogP contribution in [-0.4, -0.2) is 27.6 Å². The second-order valence-electron chi connectivity index (χ2n) is 3.45. The van der Waals surface area contributed by atoms with Crippen LogP contribution in [0.1, 0.15) is 5.76 Å². The van der Waals surface area contributed by atoms with E-state index in [-0.39, 0.29) is 12.5 Å². The van der Waals surface area contributed by atoms with E-state index in [1.165, 1.54) is 0 Å². The number of anilines is 1. The number of aromatic nitrogens is 2. The molecule has 0 bridgehead atoms. The molecule has 2 N–H and O–H groups in total. The van der Waals surface area contributed by atoms with Gasteiger partial charge in [-0.2, -0.15) is 0 Å². The molecule has 88 valence electrons. The van der Waals surface area contributed by atoms with Crippen molar-refractivity contribution >= 4 is 11.9 Å². The standard InChI is InChI=1S/C11H11N3O3/c1-7-2-3-9(17-7)8-4-12-11(13-5-8)14-6-10(15)16/h2-5H,6H2,1H3,(H,15,16)(H,12,13,14). The molecule has 0 aliphatic rings. The van der Waals surface area contributed by atoms with Crippen molar-refractivity contribution < 1.29 is 14.3 Å². The molecule has 2 rings (SSSR count). The number of aliphatic carboxylic acids is 1. The number of hydrogen-bond donors (Lipinski definition) is 2. The minimum absolute atomic E-state index is 0.209. The van der Waals surface area contributed by atoms with Crippen molar-refractivity contribution in [2.45, 2.75) is 6.92 Å². The smallest absolute Gasteiger partial charge is 0.322 e. The summed E-state index contributed by atoms with van der Waals surface area (Å²) in [6, 6.07) is 3.68. The lowest BCUT2D eigenvalue weighted by Gasteiger charge is -2.01. The molecule has 0 saturated carbocycles. The summed E-state index contributed by atoms with van der Waals surface area (Å²) in [6.07, 6.45) is 3.16. The van der Waals surface area contributed by atoms with Gasteiger partial charge in [0.1, 0.15) is 18.1 Å². The molecule has 0 amide bonds. The fourth-order valence-corrected chi connectivity index (χ4v) is 1.29. The highest BCUT2D eigenvalue weighted by atomic mass is 16.4. The van der Waals surface area contributed by atoms with Gasteiger partial charge >= 0.3 is 5.97 Å². The summed E-state index contributed by atoms with van der Waals surface area (Å²) in [5, 5.41) is 11.1. The Labute approximate surface area is 97.3 Å². The second kappa shape index (κ2) is 4.65. The molecule has 0 spiro atoms. The van der Waals surface area contributed by atoms with Crippen LogP contribution in [0, 0.1) is 6.92 Å². The number of carbonyl (C=O) groups is 1. The van der Waals surface area contributed by atoms with E-state index >= 15 is 0 Å². The van der Waals surface area contributed by atoms with Gasteiger partial charge < -0.3 is 14.8 Å². The van der Waals surface area contributed by atoms with Crippen molar-refractivity contribution in [1.82, 2.24) is 9.97 Å². The first-order valence-corrected chi connectivity index (χ1v) is 4.99. The van der Waals surface area contributed by atoms with Crippen LogP contribution in [0.25, 0.3) is 11.3 Å². The van der Waals surface area contributed by atoms with Gasteiger partial charge in [-0.05, 0) is 19.1 Å². The van der Waals surface area contributed by atoms with Crippen LogP contribution in [0.3, 0.4) is 0 Å². The fourth-order valence-electron chi connectivity index (χ4n) is 1.29. The van der Waals surface area contributed by atoms with Crippen molar-refractivity contribution in [2.24, 2.45) is 0 Å². The van der Waals surface area contributed by atoms with Gasteiger partial charge in [-0.3, -0.25) is 4.79 Å². The zero-order chi connectivity index (χ0) is 12.3. The molecule has 0 aromatic carbocycles. The summed E-state index contributed by atoms with van der Waals surface area (Å²) in [5.74, 6) is 0.819. The van der Waals surface area contributed by atoms with Gasteiger partial charge in [0, 0.05) is 12.4 Å². The normalized spacial score (nSPS) is 10.2. The third-order valence-corrected chi connectivity index (χ3v) is 2.07. The van der Waals surface area contributed by atoms with Gasteiger partial charge in [0.05, 0.1) is 5.56 Å². The number of hydrogen-bond acceptors (Lipinski definition) is 5. The Morgan fingerprint density at radius 1 is 1.41 bits per heavy atom. The lowest BCUT2D eigenvalue weighted by molar-refractivity contribution is -0.134. The van der Waals surface area contributed by atoms with E-state index in [2.05, 4.69) is 15.3 Å². The highest BCUT2D eigenvalue weighted by molar-refractivity contribution is 5.71. The van der Waals surface area contributed by atoms with Gasteiger partial charge in [0.2, 0.25) is 5.95 Å². The van der Waals surface area contributed by atoms with Crippen molar-refractivity contribution in [2.75, 3.05) is 11.9 Å². The Hall–Kier alpha value is -2.37. The van der Waals surface area contributed by atoms with E-state index in [0.29, 0.717) is 5.76 Å². The van der Waals surface area contributed by atoms with Crippen molar-refractivity contribution in [3.05, 3.63) is 30.3 Å². The average Bonchev–Trinajstić information content (AvgIpc) is 2.74. The lowest BCUT2D eigenvalue weighted by Crippen LogP contribution is -2.14. The van der Waals surface area contributed by atoms with Gasteiger partial charge in [0.25, 0.3) is 0 Å². The number of carboxylic acids is 1. The van der Waals surface area contributed by atoms with Gasteiger partial charge in [-0.25, -0.2) is 9.97 Å². The lowest BCUT2D eigenvalue weighted by atomic mass is 10.3. The van der Waals surface area contributed by atoms with Crippen molar-refractivity contribution in [1.29, 1.82) is 0 Å². The molecule has 0 aliphatic carbocycles. The first-order chi connectivity index (χ1) is 8.15. The first-order valence-electron chi connectivity index (χ1n) is 4.99. The quantitative estimate of drug-likeness (QED) is 0.832. The molecule has 2 heterocycles. The Bertz CT molecular complexity index is 519. The predicted molar refractivity (Wildman–Crippen MR) is 60.6 cm³/mol. The zero-order valence-electron chi connectivity index (χ0n) is 9.17. The number of aryl methyl sites for hydroxylation is 1. The molecular weight excluding hydrogens is 222 g/mol. The molecule has 0 saturated heterocycles. The zero-order valence-corrected chi connectivity index (χ0v) is 9.17. The highest BCUT2D eigenvalue weighted by Gasteiger charge is 2.04. The summed E-state index contributed by atoms with van der Waals surface area (Å²) in [7, 11) is 0. The Kier molecular flexibility index (Phi) is 3.04. The van der Waals surface area contributed by atoms with E-state index in [1.54, 1.807) is 12.4 Å². The third kappa shape index (κ3) is 2.81. The van der Waals surface area contributed by atoms with Gasteiger partial charge in [0.15, 0.2) is 0 Å². The maximum Gasteiger partial charge on any atom is 0.322 e. The van der Waals surface area contributed by atoms with Crippen LogP contribution in [0.2, 0.25) is 0 Å². The van der Waals surface area contributed by atoms with Crippen LogP contribution in [0.4, 0.5) is 5.95 Å². The largest absolute Gasteiger partial charge is 0.480 e. The molecule has 0 aliphatic heterocycles. The average molecular weight is 233 g/mol. The summed E-state index contributed by atoms with van der Waals surface area (Å²) in [6.45, 7) is 1.65. The molecule has 2 aromatic heterocycles. The Morgan fingerprint density at radius 3 is 2.65 bits per heavy atom. The molecule has 0 atom stereocenters. The molecule has 0 fully saturated rings. The first kappa shape index (κ1) is 11.1. The van der Waals surface area contributed by atoms with Gasteiger partial charge in [-0.15, -0.1) is 0 Å². The number of nitrogens with one attached hydrogen (secondary N) is 1. The van der Waals surface area contributed by atoms with E-state index < -0.39 is 5.97 Å². The van der Waals surface area contributed by atoms with Crippen LogP contribution < -0.4 is 5.32 Å². The van der Waals surface area contributed by atoms with E-state index in [4.69, 9.17) is 9.52 Å². The predicted octanol–water partition coefficient (Wildman–Crippen LogP) is 1.54. The fraction of sp³-hybridized carbons (Fsp3) is 0.182. The molecular formula is C11H11N3O3. The highest BCUT2D eigenvalue weighted by Crippen LogP contribution is 2.20. The van der Waals surface area contributed by atoms with Crippen LogP contribution in [-0.2, 0) is 4.79 Å². The molecule has 0 unspecified atom stereocenters. The number of rotatable bonds is 4. The van der Waals surface area contributed by atoms with Crippen LogP contribution >= 0.6 is 0 Å². The van der Waals surface area contributed by atoms with E-state index in [0.717, 1.165) is 11.3 Å². The monoisotopic (exact) mass is 233 g/mol. The van der Waals surface area contributed by atoms with E-state index in [1.807, 2.05) is 19.1 Å². The van der Waals surface area contributed by atoms with Gasteiger partial charge in [-0.1, -0.05) is 0 Å². The van der Waals surface area contributed by atoms with Crippen LogP contribution in [0.15, 0.2) is 28.9 Å². The Balaban J connectivity index is 2.10. The van der Waals surface area contributed by atoms with Crippen molar-refractivity contribution in [3.63, 3.8) is 0 Å². The Morgan fingerprint density at radius 2 is 2.12 bits per heavy atom. The maximum absolute atomic E-state index is 10.3. The third-order valence-electron chi connectivity index (χ3n) is 2.07. The molecule has 6 nitrogen and oxygen atoms in total.